The van der Waals surface area contributed by atoms with Gasteiger partial charge in [0.15, 0.2) is 0 Å². The highest BCUT2D eigenvalue weighted by atomic mass is 16.6. The minimum atomic E-state index is -1.25. The predicted octanol–water partition coefficient (Wildman–Crippen LogP) is 3.09. The fraction of sp³-hybridized carbons (Fsp3) is 0.522. The first-order chi connectivity index (χ1) is 16.0. The van der Waals surface area contributed by atoms with Gasteiger partial charge in [-0.05, 0) is 59.7 Å². The average Bonchev–Trinajstić information content (AvgIpc) is 2.64. The Morgan fingerprint density at radius 3 is 1.40 bits per heavy atom. The first-order valence-electron chi connectivity index (χ1n) is 11.0. The van der Waals surface area contributed by atoms with Crippen LogP contribution in [-0.4, -0.2) is 59.4 Å². The number of alkyl carbamates (subject to hydrolysis) is 2. The number of amides is 4. The summed E-state index contributed by atoms with van der Waals surface area (Å²) in [5, 5.41) is 19.3. The molecule has 4 amide bonds. The summed E-state index contributed by atoms with van der Waals surface area (Å²) in [6, 6.07) is 3.87. The molecule has 12 heteroatoms. The number of rotatable bonds is 9. The third-order valence-electron chi connectivity index (χ3n) is 3.79. The van der Waals surface area contributed by atoms with E-state index in [1.165, 1.54) is 18.2 Å². The molecule has 1 rings (SSSR count). The molecule has 1 aromatic rings. The normalized spacial score (nSPS) is 11.1. The summed E-state index contributed by atoms with van der Waals surface area (Å²) in [7, 11) is 0. The molecular formula is C23H34N4O8. The largest absolute Gasteiger partial charge is 0.478 e. The predicted molar refractivity (Wildman–Crippen MR) is 128 cm³/mol. The molecule has 12 nitrogen and oxygen atoms in total. The molecule has 35 heavy (non-hydrogen) atoms. The Bertz CT molecular complexity index is 882. The van der Waals surface area contributed by atoms with E-state index in [0.717, 1.165) is 0 Å². The number of carboxylic acids is 1. The van der Waals surface area contributed by atoms with Gasteiger partial charge in [-0.2, -0.15) is 0 Å². The van der Waals surface area contributed by atoms with Gasteiger partial charge in [-0.25, -0.2) is 14.4 Å². The Labute approximate surface area is 204 Å². The van der Waals surface area contributed by atoms with Crippen LogP contribution in [0.25, 0.3) is 0 Å². The molecule has 5 N–H and O–H groups in total. The number of benzene rings is 1. The zero-order valence-electron chi connectivity index (χ0n) is 20.9. The minimum absolute atomic E-state index is 0.00755. The van der Waals surface area contributed by atoms with E-state index in [1.807, 2.05) is 0 Å². The summed E-state index contributed by atoms with van der Waals surface area (Å²) < 4.78 is 10.2. The Morgan fingerprint density at radius 2 is 1.09 bits per heavy atom. The highest BCUT2D eigenvalue weighted by Gasteiger charge is 2.17. The number of ether oxygens (including phenoxy) is 2. The van der Waals surface area contributed by atoms with Crippen molar-refractivity contribution in [2.45, 2.75) is 65.6 Å². The quantitative estimate of drug-likeness (QED) is 0.348. The lowest BCUT2D eigenvalue weighted by atomic mass is 10.1. The van der Waals surface area contributed by atoms with E-state index in [1.54, 1.807) is 41.5 Å². The van der Waals surface area contributed by atoms with Crippen molar-refractivity contribution in [3.05, 3.63) is 23.8 Å². The van der Waals surface area contributed by atoms with Gasteiger partial charge >= 0.3 is 18.2 Å². The van der Waals surface area contributed by atoms with Crippen molar-refractivity contribution in [2.24, 2.45) is 0 Å². The van der Waals surface area contributed by atoms with Crippen molar-refractivity contribution in [3.63, 3.8) is 0 Å². The molecule has 0 heterocycles. The van der Waals surface area contributed by atoms with Crippen molar-refractivity contribution in [2.75, 3.05) is 23.7 Å². The van der Waals surface area contributed by atoms with Crippen molar-refractivity contribution >= 4 is 41.3 Å². The maximum Gasteiger partial charge on any atom is 0.407 e. The van der Waals surface area contributed by atoms with Crippen LogP contribution in [0.4, 0.5) is 21.0 Å². The third kappa shape index (κ3) is 13.5. The van der Waals surface area contributed by atoms with Crippen LogP contribution in [0.5, 0.6) is 0 Å². The number of carbonyl (C=O) groups excluding carboxylic acids is 4. The van der Waals surface area contributed by atoms with Gasteiger partial charge in [0.1, 0.15) is 11.2 Å². The van der Waals surface area contributed by atoms with Gasteiger partial charge in [0.2, 0.25) is 11.8 Å². The van der Waals surface area contributed by atoms with Crippen molar-refractivity contribution in [3.8, 4) is 0 Å². The molecule has 0 atom stereocenters. The summed E-state index contributed by atoms with van der Waals surface area (Å²) in [6.07, 6.45) is -1.50. The molecule has 0 bridgehead atoms. The van der Waals surface area contributed by atoms with Crippen LogP contribution in [0.3, 0.4) is 0 Å². The van der Waals surface area contributed by atoms with Crippen LogP contribution in [0.1, 0.15) is 64.7 Å². The van der Waals surface area contributed by atoms with Gasteiger partial charge in [0.05, 0.1) is 5.56 Å². The number of hydrogen-bond acceptors (Lipinski definition) is 7. The zero-order chi connectivity index (χ0) is 26.8. The third-order valence-corrected chi connectivity index (χ3v) is 3.79. The Morgan fingerprint density at radius 1 is 0.714 bits per heavy atom. The summed E-state index contributed by atoms with van der Waals surface area (Å²) in [5.74, 6) is -2.22. The van der Waals surface area contributed by atoms with E-state index in [2.05, 4.69) is 21.3 Å². The van der Waals surface area contributed by atoms with Gasteiger partial charge in [0.25, 0.3) is 0 Å². The maximum atomic E-state index is 12.2. The number of carbonyl (C=O) groups is 5. The smallest absolute Gasteiger partial charge is 0.407 e. The minimum Gasteiger partial charge on any atom is -0.478 e. The molecule has 0 aromatic heterocycles. The molecule has 0 saturated carbocycles. The highest BCUT2D eigenvalue weighted by Crippen LogP contribution is 2.20. The van der Waals surface area contributed by atoms with E-state index in [4.69, 9.17) is 9.47 Å². The summed E-state index contributed by atoms with van der Waals surface area (Å²) >= 11 is 0. The Balaban J connectivity index is 2.66. The highest BCUT2D eigenvalue weighted by molar-refractivity contribution is 5.98. The van der Waals surface area contributed by atoms with Crippen molar-refractivity contribution < 1.29 is 38.6 Å². The zero-order valence-corrected chi connectivity index (χ0v) is 20.9. The molecule has 0 aliphatic heterocycles. The van der Waals surface area contributed by atoms with Crippen molar-refractivity contribution in [1.29, 1.82) is 0 Å². The molecule has 0 aliphatic carbocycles. The molecule has 0 saturated heterocycles. The van der Waals surface area contributed by atoms with E-state index < -0.39 is 41.2 Å². The lowest BCUT2D eigenvalue weighted by molar-refractivity contribution is -0.116. The van der Waals surface area contributed by atoms with Gasteiger partial charge in [-0.3, -0.25) is 9.59 Å². The van der Waals surface area contributed by atoms with Crippen LogP contribution < -0.4 is 21.3 Å². The number of hydrogen-bond donors (Lipinski definition) is 5. The maximum absolute atomic E-state index is 12.2. The topological polar surface area (TPSA) is 172 Å². The molecular weight excluding hydrogens is 460 g/mol. The van der Waals surface area contributed by atoms with Crippen LogP contribution in [0.15, 0.2) is 18.2 Å². The lowest BCUT2D eigenvalue weighted by Gasteiger charge is -2.19. The van der Waals surface area contributed by atoms with Crippen LogP contribution in [-0.2, 0) is 19.1 Å². The summed E-state index contributed by atoms with van der Waals surface area (Å²) in [5.41, 5.74) is -1.20. The number of carboxylic acid groups (broad SMARTS) is 1. The Hall–Kier alpha value is -3.83. The first-order valence-corrected chi connectivity index (χ1v) is 11.0. The van der Waals surface area contributed by atoms with Gasteiger partial charge in [-0.15, -0.1) is 0 Å². The standard InChI is InChI=1S/C23H34N4O8/c1-22(2,3)34-20(32)24-9-7-17(28)26-15-11-14(19(30)31)12-16(13-15)27-18(29)8-10-25-21(33)35-23(4,5)6/h11-13H,7-10H2,1-6H3,(H,24,32)(H,25,33)(H,26,28)(H,27,29)(H,30,31). The second kappa shape index (κ2) is 12.6. The van der Waals surface area contributed by atoms with Gasteiger partial charge in [0, 0.05) is 37.3 Å². The number of anilines is 2. The summed E-state index contributed by atoms with van der Waals surface area (Å²) in [4.78, 5) is 59.1. The first kappa shape index (κ1) is 29.2. The average molecular weight is 495 g/mol. The van der Waals surface area contributed by atoms with Gasteiger partial charge in [-0.1, -0.05) is 0 Å². The molecule has 194 valence electrons. The van der Waals surface area contributed by atoms with Crippen LogP contribution >= 0.6 is 0 Å². The number of aromatic carboxylic acids is 1. The lowest BCUT2D eigenvalue weighted by Crippen LogP contribution is -2.34. The molecule has 0 unspecified atom stereocenters. The summed E-state index contributed by atoms with van der Waals surface area (Å²) in [6.45, 7) is 10.3. The van der Waals surface area contributed by atoms with E-state index >= 15 is 0 Å². The molecule has 0 fully saturated rings. The fourth-order valence-electron chi connectivity index (χ4n) is 2.53. The monoisotopic (exact) mass is 494 g/mol. The Kier molecular flexibility index (Phi) is 10.5. The number of nitrogens with one attached hydrogen (secondary N) is 4. The van der Waals surface area contributed by atoms with Crippen molar-refractivity contribution in [1.82, 2.24) is 10.6 Å². The fourth-order valence-corrected chi connectivity index (χ4v) is 2.53. The van der Waals surface area contributed by atoms with Crippen LogP contribution in [0, 0.1) is 0 Å². The molecule has 0 radical (unpaired) electrons. The van der Waals surface area contributed by atoms with E-state index in [-0.39, 0.29) is 42.9 Å². The molecule has 0 aliphatic rings. The second-order valence-corrected chi connectivity index (χ2v) is 9.56. The molecule has 1 aromatic carbocycles. The van der Waals surface area contributed by atoms with Gasteiger partial charge < -0.3 is 35.8 Å². The SMILES string of the molecule is CC(C)(C)OC(=O)NCCC(=O)Nc1cc(NC(=O)CCNC(=O)OC(C)(C)C)cc(C(=O)O)c1. The van der Waals surface area contributed by atoms with E-state index in [9.17, 15) is 29.1 Å². The second-order valence-electron chi connectivity index (χ2n) is 9.56. The molecule has 0 spiro atoms. The van der Waals surface area contributed by atoms with Crippen LogP contribution in [0.2, 0.25) is 0 Å². The van der Waals surface area contributed by atoms with E-state index in [0.29, 0.717) is 0 Å².